The summed E-state index contributed by atoms with van der Waals surface area (Å²) in [5.74, 6) is -0.872. The molecule has 0 amide bonds. The number of benzene rings is 2. The number of aliphatic imine (C=N–C) groups is 1. The van der Waals surface area contributed by atoms with Gasteiger partial charge in [0.25, 0.3) is 0 Å². The Labute approximate surface area is 167 Å². The monoisotopic (exact) mass is 422 g/mol. The average molecular weight is 423 g/mol. The van der Waals surface area contributed by atoms with Gasteiger partial charge in [0.15, 0.2) is 15.0 Å². The number of hydrogen-bond acceptors (Lipinski definition) is 5. The van der Waals surface area contributed by atoms with Gasteiger partial charge in [-0.3, -0.25) is 4.99 Å². The third-order valence-electron chi connectivity index (χ3n) is 5.22. The van der Waals surface area contributed by atoms with E-state index in [0.29, 0.717) is 10.9 Å². The highest BCUT2D eigenvalue weighted by Crippen LogP contribution is 2.37. The number of fused-ring (bicyclic) bond motifs is 1. The topological polar surface area (TPSA) is 49.7 Å². The van der Waals surface area contributed by atoms with Crippen LogP contribution < -0.4 is 4.90 Å². The molecule has 4 nitrogen and oxygen atoms in total. The lowest BCUT2D eigenvalue weighted by molar-refractivity contribution is 0.577. The maximum absolute atomic E-state index is 14.5. The van der Waals surface area contributed by atoms with Gasteiger partial charge in [0, 0.05) is 11.8 Å². The standard InChI is InChI=1S/C20H20F2N2O2S2/c1-12-3-4-14(7-13(12)2)9-27-20-23-17-10-28(25,26)11-19(17)24(20)18-6-5-15(21)8-16(18)22/h3-8,17,19H,9-11H2,1-2H3/t17-,19-/m0/s1. The van der Waals surface area contributed by atoms with Crippen molar-refractivity contribution in [2.24, 2.45) is 4.99 Å². The molecule has 2 heterocycles. The number of sulfone groups is 1. The summed E-state index contributed by atoms with van der Waals surface area (Å²) in [5, 5.41) is 0.577. The zero-order chi connectivity index (χ0) is 20.1. The summed E-state index contributed by atoms with van der Waals surface area (Å²) in [6.45, 7) is 4.10. The predicted octanol–water partition coefficient (Wildman–Crippen LogP) is 3.86. The molecule has 0 aromatic heterocycles. The lowest BCUT2D eigenvalue weighted by Gasteiger charge is -2.26. The van der Waals surface area contributed by atoms with Crippen LogP contribution in [0.1, 0.15) is 16.7 Å². The van der Waals surface area contributed by atoms with Crippen molar-refractivity contribution in [2.45, 2.75) is 31.7 Å². The van der Waals surface area contributed by atoms with E-state index in [0.717, 1.165) is 11.6 Å². The van der Waals surface area contributed by atoms with Crippen LogP contribution in [0.25, 0.3) is 0 Å². The largest absolute Gasteiger partial charge is 0.312 e. The first-order chi connectivity index (χ1) is 13.2. The average Bonchev–Trinajstić information content (AvgIpc) is 3.08. The van der Waals surface area contributed by atoms with E-state index in [2.05, 4.69) is 17.1 Å². The Hall–Kier alpha value is -1.93. The summed E-state index contributed by atoms with van der Waals surface area (Å²) in [6, 6.07) is 8.68. The molecule has 28 heavy (non-hydrogen) atoms. The van der Waals surface area contributed by atoms with E-state index in [1.807, 2.05) is 19.9 Å². The van der Waals surface area contributed by atoms with Crippen molar-refractivity contribution in [1.82, 2.24) is 0 Å². The predicted molar refractivity (Wildman–Crippen MR) is 110 cm³/mol. The van der Waals surface area contributed by atoms with Gasteiger partial charge in [-0.05, 0) is 42.7 Å². The fourth-order valence-corrected chi connectivity index (χ4v) is 6.54. The van der Waals surface area contributed by atoms with E-state index >= 15 is 0 Å². The molecule has 0 bridgehead atoms. The quantitative estimate of drug-likeness (QED) is 0.754. The van der Waals surface area contributed by atoms with Crippen molar-refractivity contribution >= 4 is 32.5 Å². The maximum atomic E-state index is 14.5. The zero-order valence-corrected chi connectivity index (χ0v) is 17.2. The van der Waals surface area contributed by atoms with Crippen molar-refractivity contribution in [3.8, 4) is 0 Å². The van der Waals surface area contributed by atoms with Crippen LogP contribution in [0.4, 0.5) is 14.5 Å². The Balaban J connectivity index is 1.64. The number of anilines is 1. The second kappa shape index (κ2) is 7.15. The number of amidine groups is 1. The van der Waals surface area contributed by atoms with Crippen LogP contribution >= 0.6 is 11.8 Å². The Morgan fingerprint density at radius 2 is 1.89 bits per heavy atom. The van der Waals surface area contributed by atoms with Crippen molar-refractivity contribution in [3.63, 3.8) is 0 Å². The van der Waals surface area contributed by atoms with Crippen molar-refractivity contribution in [2.75, 3.05) is 16.4 Å². The molecule has 0 radical (unpaired) electrons. The van der Waals surface area contributed by atoms with Crippen LogP contribution in [0.15, 0.2) is 41.4 Å². The van der Waals surface area contributed by atoms with Crippen LogP contribution in [-0.4, -0.2) is 37.2 Å². The summed E-state index contributed by atoms with van der Waals surface area (Å²) in [5.41, 5.74) is 3.68. The molecule has 2 aliphatic rings. The van der Waals surface area contributed by atoms with Gasteiger partial charge < -0.3 is 4.90 Å². The Kier molecular flexibility index (Phi) is 4.95. The SMILES string of the molecule is Cc1ccc(CSC2=N[C@H]3CS(=O)(=O)C[C@@H]3N2c2ccc(F)cc2F)cc1C. The summed E-state index contributed by atoms with van der Waals surface area (Å²) >= 11 is 1.45. The number of nitrogens with zero attached hydrogens (tertiary/aromatic N) is 2. The normalized spacial score (nSPS) is 23.0. The van der Waals surface area contributed by atoms with Gasteiger partial charge in [-0.2, -0.15) is 0 Å². The smallest absolute Gasteiger partial charge is 0.164 e. The van der Waals surface area contributed by atoms with Crippen molar-refractivity contribution < 1.29 is 17.2 Å². The molecule has 2 atom stereocenters. The first kappa shape index (κ1) is 19.4. The summed E-state index contributed by atoms with van der Waals surface area (Å²) in [7, 11) is -3.22. The second-order valence-electron chi connectivity index (χ2n) is 7.30. The third kappa shape index (κ3) is 3.67. The molecule has 0 aliphatic carbocycles. The van der Waals surface area contributed by atoms with E-state index in [4.69, 9.17) is 0 Å². The van der Waals surface area contributed by atoms with E-state index in [9.17, 15) is 17.2 Å². The van der Waals surface area contributed by atoms with Crippen molar-refractivity contribution in [1.29, 1.82) is 0 Å². The molecule has 8 heteroatoms. The summed E-state index contributed by atoms with van der Waals surface area (Å²) in [6.07, 6.45) is 0. The molecule has 2 aromatic carbocycles. The minimum atomic E-state index is -3.22. The van der Waals surface area contributed by atoms with E-state index in [-0.39, 0.29) is 17.2 Å². The van der Waals surface area contributed by atoms with Gasteiger partial charge in [0.05, 0.1) is 29.3 Å². The number of halogens is 2. The molecule has 0 unspecified atom stereocenters. The lowest BCUT2D eigenvalue weighted by Crippen LogP contribution is -2.39. The molecular formula is C20H20F2N2O2S2. The van der Waals surface area contributed by atoms with Crippen LogP contribution in [-0.2, 0) is 15.6 Å². The highest BCUT2D eigenvalue weighted by molar-refractivity contribution is 8.13. The highest BCUT2D eigenvalue weighted by Gasteiger charge is 2.47. The number of thioether (sulfide) groups is 1. The Morgan fingerprint density at radius 3 is 2.61 bits per heavy atom. The minimum absolute atomic E-state index is 0.0370. The molecular weight excluding hydrogens is 402 g/mol. The zero-order valence-electron chi connectivity index (χ0n) is 15.5. The van der Waals surface area contributed by atoms with Crippen molar-refractivity contribution in [3.05, 3.63) is 64.7 Å². The molecule has 0 spiro atoms. The molecule has 1 fully saturated rings. The highest BCUT2D eigenvalue weighted by atomic mass is 32.2. The molecule has 2 aliphatic heterocycles. The molecule has 1 saturated heterocycles. The lowest BCUT2D eigenvalue weighted by atomic mass is 10.1. The molecule has 148 valence electrons. The fourth-order valence-electron chi connectivity index (χ4n) is 3.63. The summed E-state index contributed by atoms with van der Waals surface area (Å²) < 4.78 is 52.0. The van der Waals surface area contributed by atoms with Gasteiger partial charge in [0.2, 0.25) is 0 Å². The fraction of sp³-hybridized carbons (Fsp3) is 0.350. The molecule has 0 N–H and O–H groups in total. The maximum Gasteiger partial charge on any atom is 0.164 e. The third-order valence-corrected chi connectivity index (χ3v) is 7.95. The van der Waals surface area contributed by atoms with Crippen LogP contribution in [0.2, 0.25) is 0 Å². The van der Waals surface area contributed by atoms with Gasteiger partial charge in [-0.25, -0.2) is 17.2 Å². The molecule has 4 rings (SSSR count). The van der Waals surface area contributed by atoms with Gasteiger partial charge in [-0.15, -0.1) is 0 Å². The van der Waals surface area contributed by atoms with Crippen LogP contribution in [0, 0.1) is 25.5 Å². The van der Waals surface area contributed by atoms with E-state index < -0.39 is 33.6 Å². The first-order valence-corrected chi connectivity index (χ1v) is 11.8. The number of rotatable bonds is 3. The van der Waals surface area contributed by atoms with E-state index in [1.165, 1.54) is 35.0 Å². The van der Waals surface area contributed by atoms with Gasteiger partial charge in [-0.1, -0.05) is 30.0 Å². The second-order valence-corrected chi connectivity index (χ2v) is 10.4. The number of hydrogen-bond donors (Lipinski definition) is 0. The Bertz CT molecular complexity index is 1070. The minimum Gasteiger partial charge on any atom is -0.312 e. The van der Waals surface area contributed by atoms with Crippen LogP contribution in [0.5, 0.6) is 0 Å². The van der Waals surface area contributed by atoms with E-state index in [1.54, 1.807) is 4.90 Å². The first-order valence-electron chi connectivity index (χ1n) is 8.95. The van der Waals surface area contributed by atoms with Crippen LogP contribution in [0.3, 0.4) is 0 Å². The Morgan fingerprint density at radius 1 is 1.11 bits per heavy atom. The van der Waals surface area contributed by atoms with Gasteiger partial charge in [0.1, 0.15) is 11.6 Å². The summed E-state index contributed by atoms with van der Waals surface area (Å²) in [4.78, 5) is 6.22. The number of aryl methyl sites for hydroxylation is 2. The molecule has 0 saturated carbocycles. The molecule has 2 aromatic rings. The van der Waals surface area contributed by atoms with Gasteiger partial charge >= 0.3 is 0 Å².